The summed E-state index contributed by atoms with van der Waals surface area (Å²) in [6.07, 6.45) is 13.4. The number of anilines is 3. The van der Waals surface area contributed by atoms with E-state index in [1.165, 1.54) is 11.3 Å². The van der Waals surface area contributed by atoms with Crippen molar-refractivity contribution in [2.45, 2.75) is 94.7 Å². The van der Waals surface area contributed by atoms with E-state index < -0.39 is 5.41 Å². The molecule has 5 aromatic heterocycles. The van der Waals surface area contributed by atoms with E-state index in [1.807, 2.05) is 12.3 Å². The number of nitrogens with zero attached hydrogens (tertiary/aromatic N) is 9. The van der Waals surface area contributed by atoms with Crippen molar-refractivity contribution >= 4 is 39.0 Å². The topological polar surface area (TPSA) is 165 Å². The monoisotopic (exact) mass is 675 g/mol. The first-order chi connectivity index (χ1) is 23.9. The van der Waals surface area contributed by atoms with Crippen LogP contribution >= 0.6 is 11.3 Å². The van der Waals surface area contributed by atoms with Crippen molar-refractivity contribution in [2.24, 2.45) is 0 Å². The number of rotatable bonds is 5. The predicted octanol–water partition coefficient (Wildman–Crippen LogP) is 5.93. The number of aryl methyl sites for hydroxylation is 1. The Balaban J connectivity index is 1.22. The minimum Gasteiger partial charge on any atom is -0.389 e. The van der Waals surface area contributed by atoms with E-state index in [-0.39, 0.29) is 12.1 Å². The third kappa shape index (κ3) is 4.53. The predicted molar refractivity (Wildman–Crippen MR) is 189 cm³/mol. The van der Waals surface area contributed by atoms with Crippen LogP contribution in [0.2, 0.25) is 0 Å². The zero-order chi connectivity index (χ0) is 33.4. The zero-order valence-corrected chi connectivity index (χ0v) is 28.8. The van der Waals surface area contributed by atoms with E-state index in [4.69, 9.17) is 36.2 Å². The summed E-state index contributed by atoms with van der Waals surface area (Å²) in [6.45, 7) is 4.16. The van der Waals surface area contributed by atoms with Gasteiger partial charge in [0.05, 0.1) is 34.6 Å². The van der Waals surface area contributed by atoms with Crippen LogP contribution in [0.25, 0.3) is 22.6 Å². The lowest BCUT2D eigenvalue weighted by Gasteiger charge is -2.39. The molecule has 4 unspecified atom stereocenters. The summed E-state index contributed by atoms with van der Waals surface area (Å²) in [7, 11) is 2.20. The Labute approximate surface area is 289 Å². The highest BCUT2D eigenvalue weighted by atomic mass is 32.1. The molecule has 9 rings (SSSR count). The molecule has 4 atom stereocenters. The number of nitrogens with two attached hydrogens (primary N) is 2. The SMILES string of the molecule is CC(C1CCCN1C)n1ncc2c(N3CCCC3c3cccnc3N)nc(-c3noc4c3CCCC43CCCc4sc(N)c(C#N)c43)nc21. The molecule has 0 amide bonds. The fourth-order valence-corrected chi connectivity index (χ4v) is 10.7. The Morgan fingerprint density at radius 3 is 2.73 bits per heavy atom. The van der Waals surface area contributed by atoms with E-state index in [2.05, 4.69) is 45.6 Å². The first-order valence-corrected chi connectivity index (χ1v) is 18.4. The molecule has 1 spiro atoms. The Bertz CT molecular complexity index is 2120. The molecule has 0 aromatic carbocycles. The second kappa shape index (κ2) is 11.5. The van der Waals surface area contributed by atoms with Gasteiger partial charge in [0.15, 0.2) is 22.9 Å². The number of thiophene rings is 1. The smallest absolute Gasteiger partial charge is 0.186 e. The fourth-order valence-electron chi connectivity index (χ4n) is 9.51. The van der Waals surface area contributed by atoms with Crippen molar-refractivity contribution in [3.8, 4) is 17.6 Å². The molecule has 2 fully saturated rings. The maximum absolute atomic E-state index is 10.2. The molecule has 2 aliphatic carbocycles. The van der Waals surface area contributed by atoms with Crippen molar-refractivity contribution in [2.75, 3.05) is 36.5 Å². The molecule has 0 bridgehead atoms. The standard InChI is InChI=1S/C36H41N11OS/c1-20(25-10-6-16-45(25)2)47-35-24(19-41-47)34(46-17-7-11-26(46)21-9-5-15-40-31(21)38)42-33(43-35)29-22-8-3-13-36(30(22)48-44-29)14-4-12-27-28(36)23(18-37)32(39)49-27/h5,9,15,19-20,25-26H,3-4,6-8,10-14,16-17,39H2,1-2H3,(H2,38,40). The third-order valence-electron chi connectivity index (χ3n) is 11.8. The normalized spacial score (nSPS) is 24.4. The number of fused-ring (bicyclic) bond motifs is 5. The first-order valence-electron chi connectivity index (χ1n) is 17.6. The second-order valence-electron chi connectivity index (χ2n) is 14.3. The highest BCUT2D eigenvalue weighted by molar-refractivity contribution is 7.16. The fraction of sp³-hybridized carbons (Fsp3) is 0.500. The van der Waals surface area contributed by atoms with E-state index in [0.29, 0.717) is 33.9 Å². The Morgan fingerprint density at radius 2 is 1.94 bits per heavy atom. The van der Waals surface area contributed by atoms with E-state index in [0.717, 1.165) is 110 Å². The number of hydrogen-bond donors (Lipinski definition) is 2. The Kier molecular flexibility index (Phi) is 7.18. The van der Waals surface area contributed by atoms with E-state index in [1.54, 1.807) is 17.5 Å². The zero-order valence-electron chi connectivity index (χ0n) is 28.0. The van der Waals surface area contributed by atoms with Gasteiger partial charge >= 0.3 is 0 Å². The van der Waals surface area contributed by atoms with Gasteiger partial charge in [-0.2, -0.15) is 10.4 Å². The van der Waals surface area contributed by atoms with Crippen LogP contribution in [0.4, 0.5) is 16.6 Å². The number of hydrogen-bond acceptors (Lipinski definition) is 12. The first kappa shape index (κ1) is 30.5. The van der Waals surface area contributed by atoms with Gasteiger partial charge in [0.25, 0.3) is 0 Å². The molecule has 0 radical (unpaired) electrons. The van der Waals surface area contributed by atoms with Crippen LogP contribution in [0.15, 0.2) is 29.0 Å². The quantitative estimate of drug-likeness (QED) is 0.227. The molecule has 4 N–H and O–H groups in total. The molecule has 4 aliphatic rings. The van der Waals surface area contributed by atoms with Crippen molar-refractivity contribution in [1.29, 1.82) is 5.26 Å². The van der Waals surface area contributed by atoms with Gasteiger partial charge in [-0.25, -0.2) is 19.6 Å². The number of nitrogen functional groups attached to an aromatic ring is 2. The number of aromatic nitrogens is 6. The van der Waals surface area contributed by atoms with Crippen LogP contribution in [0, 0.1) is 11.3 Å². The summed E-state index contributed by atoms with van der Waals surface area (Å²) in [5.41, 5.74) is 17.7. The number of likely N-dealkylation sites (N-methyl/N-ethyl adjacent to an activating group) is 1. The van der Waals surface area contributed by atoms with Crippen LogP contribution in [0.3, 0.4) is 0 Å². The number of nitriles is 1. The third-order valence-corrected chi connectivity index (χ3v) is 12.9. The summed E-state index contributed by atoms with van der Waals surface area (Å²) in [5, 5.41) is 21.5. The van der Waals surface area contributed by atoms with Crippen LogP contribution in [-0.4, -0.2) is 61.0 Å². The minimum atomic E-state index is -0.417. The lowest BCUT2D eigenvalue weighted by molar-refractivity contribution is 0.232. The molecule has 7 heterocycles. The van der Waals surface area contributed by atoms with Gasteiger partial charge in [-0.15, -0.1) is 11.3 Å². The van der Waals surface area contributed by atoms with Crippen LogP contribution in [0.5, 0.6) is 0 Å². The molecule has 12 nitrogen and oxygen atoms in total. The molecule has 2 aliphatic heterocycles. The Hall–Kier alpha value is -4.54. The molecule has 49 heavy (non-hydrogen) atoms. The lowest BCUT2D eigenvalue weighted by atomic mass is 9.63. The molecule has 0 saturated carbocycles. The molecule has 5 aromatic rings. The molecule has 2 saturated heterocycles. The van der Waals surface area contributed by atoms with E-state index in [9.17, 15) is 5.26 Å². The van der Waals surface area contributed by atoms with Crippen molar-refractivity contribution < 1.29 is 4.52 Å². The van der Waals surface area contributed by atoms with Crippen LogP contribution in [-0.2, 0) is 18.3 Å². The van der Waals surface area contributed by atoms with Gasteiger partial charge in [-0.3, -0.25) is 0 Å². The van der Waals surface area contributed by atoms with Gasteiger partial charge in [0.1, 0.15) is 22.7 Å². The second-order valence-corrected chi connectivity index (χ2v) is 15.5. The molecular weight excluding hydrogens is 635 g/mol. The maximum atomic E-state index is 10.2. The van der Waals surface area contributed by atoms with Crippen molar-refractivity contribution in [3.63, 3.8) is 0 Å². The summed E-state index contributed by atoms with van der Waals surface area (Å²) in [5.74, 6) is 2.78. The van der Waals surface area contributed by atoms with E-state index >= 15 is 0 Å². The summed E-state index contributed by atoms with van der Waals surface area (Å²) < 4.78 is 8.49. The average molecular weight is 676 g/mol. The van der Waals surface area contributed by atoms with Gasteiger partial charge in [0.2, 0.25) is 0 Å². The van der Waals surface area contributed by atoms with Gasteiger partial charge in [-0.05, 0) is 96.4 Å². The minimum absolute atomic E-state index is 0.0324. The van der Waals surface area contributed by atoms with Gasteiger partial charge < -0.3 is 25.8 Å². The highest BCUT2D eigenvalue weighted by Crippen LogP contribution is 2.55. The highest BCUT2D eigenvalue weighted by Gasteiger charge is 2.49. The van der Waals surface area contributed by atoms with Crippen molar-refractivity contribution in [3.05, 3.63) is 57.4 Å². The van der Waals surface area contributed by atoms with Crippen LogP contribution in [0.1, 0.15) is 103 Å². The van der Waals surface area contributed by atoms with Gasteiger partial charge in [0, 0.05) is 34.8 Å². The molecule has 13 heteroatoms. The maximum Gasteiger partial charge on any atom is 0.186 e. The Morgan fingerprint density at radius 1 is 1.10 bits per heavy atom. The molecular formula is C36H41N11OS. The number of likely N-dealkylation sites (tertiary alicyclic amines) is 1. The van der Waals surface area contributed by atoms with Crippen LogP contribution < -0.4 is 16.4 Å². The lowest BCUT2D eigenvalue weighted by Crippen LogP contribution is -2.35. The average Bonchev–Trinajstić information content (AvgIpc) is 3.94. The summed E-state index contributed by atoms with van der Waals surface area (Å²) in [4.78, 5) is 21.0. The number of pyridine rings is 1. The molecule has 252 valence electrons. The largest absolute Gasteiger partial charge is 0.389 e. The summed E-state index contributed by atoms with van der Waals surface area (Å²) >= 11 is 1.56. The van der Waals surface area contributed by atoms with Crippen molar-refractivity contribution in [1.82, 2.24) is 34.8 Å². The summed E-state index contributed by atoms with van der Waals surface area (Å²) in [6, 6.07) is 6.98. The van der Waals surface area contributed by atoms with Gasteiger partial charge in [-0.1, -0.05) is 11.2 Å².